The fourth-order valence-electron chi connectivity index (χ4n) is 2.22. The van der Waals surface area contributed by atoms with Gasteiger partial charge in [0.15, 0.2) is 21.1 Å². The van der Waals surface area contributed by atoms with Crippen molar-refractivity contribution < 1.29 is 57.0 Å². The Morgan fingerprint density at radius 3 is 2.75 bits per heavy atom. The van der Waals surface area contributed by atoms with Gasteiger partial charge in [-0.15, -0.1) is 23.1 Å². The number of carbonyl (C=O) groups is 2. The zero-order chi connectivity index (χ0) is 20.2. The SMILES string of the molecule is CCCCS[C@@H]1[C@H](NC(=O)/C(=N/OC)c2csc(N)n2)C(=O)N1S(=O)(=O)[O-].[Na+]. The van der Waals surface area contributed by atoms with E-state index in [4.69, 9.17) is 5.73 Å². The number of oxime groups is 1. The first-order valence-corrected chi connectivity index (χ1v) is 11.0. The quantitative estimate of drug-likeness (QED) is 0.0961. The van der Waals surface area contributed by atoms with Gasteiger partial charge in [-0.05, 0) is 12.2 Å². The molecule has 1 aliphatic rings. The van der Waals surface area contributed by atoms with E-state index in [1.165, 1.54) is 12.5 Å². The minimum absolute atomic E-state index is 0. The van der Waals surface area contributed by atoms with Crippen molar-refractivity contribution in [3.63, 3.8) is 0 Å². The number of carbonyl (C=O) groups excluding carboxylic acids is 2. The number of hydrogen-bond acceptors (Lipinski definition) is 11. The van der Waals surface area contributed by atoms with Gasteiger partial charge in [0.1, 0.15) is 24.2 Å². The Labute approximate surface area is 192 Å². The molecule has 1 fully saturated rings. The average molecular weight is 460 g/mol. The average Bonchev–Trinajstić information content (AvgIpc) is 3.01. The first-order valence-electron chi connectivity index (χ1n) is 7.74. The first kappa shape index (κ1) is 25.1. The number of aromatic nitrogens is 1. The summed E-state index contributed by atoms with van der Waals surface area (Å²) in [6, 6.07) is -1.18. The molecule has 2 heterocycles. The number of anilines is 1. The molecule has 0 unspecified atom stereocenters. The van der Waals surface area contributed by atoms with Gasteiger partial charge in [-0.25, -0.2) is 17.7 Å². The van der Waals surface area contributed by atoms with Crippen molar-refractivity contribution in [3.05, 3.63) is 11.1 Å². The van der Waals surface area contributed by atoms with Gasteiger partial charge in [0, 0.05) is 5.38 Å². The van der Waals surface area contributed by atoms with Crippen molar-refractivity contribution in [2.24, 2.45) is 5.16 Å². The van der Waals surface area contributed by atoms with Crippen LogP contribution >= 0.6 is 23.1 Å². The molecule has 0 aliphatic carbocycles. The smallest absolute Gasteiger partial charge is 0.731 e. The summed E-state index contributed by atoms with van der Waals surface area (Å²) >= 11 is 2.19. The molecule has 28 heavy (non-hydrogen) atoms. The molecule has 1 aromatic rings. The van der Waals surface area contributed by atoms with Crippen LogP contribution in [0.1, 0.15) is 25.5 Å². The molecule has 2 amide bonds. The van der Waals surface area contributed by atoms with Crippen LogP contribution in [0, 0.1) is 0 Å². The van der Waals surface area contributed by atoms with Gasteiger partial charge in [0.2, 0.25) is 0 Å². The maximum Gasteiger partial charge on any atom is 1.00 e. The van der Waals surface area contributed by atoms with Crippen LogP contribution in [0.2, 0.25) is 0 Å². The Kier molecular flexibility index (Phi) is 9.66. The van der Waals surface area contributed by atoms with Crippen LogP contribution in [0.25, 0.3) is 0 Å². The number of thiazole rings is 1. The minimum Gasteiger partial charge on any atom is -0.731 e. The predicted molar refractivity (Wildman–Crippen MR) is 99.7 cm³/mol. The molecule has 0 radical (unpaired) electrons. The standard InChI is InChI=1S/C13H19N5O6S3.Na/c1-3-4-5-25-12-9(11(20)18(12)27(21,22)23)16-10(19)8(17-24-2)7-6-26-13(14)15-7;/h6,9,12H,3-5H2,1-2H3,(H2,14,15)(H,16,19)(H,21,22,23);/q;+1/p-1/b17-8+;/t9-,12-;/m1./s1. The van der Waals surface area contributed by atoms with Crippen molar-refractivity contribution in [3.8, 4) is 0 Å². The summed E-state index contributed by atoms with van der Waals surface area (Å²) < 4.78 is 34.2. The van der Waals surface area contributed by atoms with Gasteiger partial charge in [0.05, 0.1) is 0 Å². The molecule has 15 heteroatoms. The zero-order valence-electron chi connectivity index (χ0n) is 15.4. The number of amides is 2. The van der Waals surface area contributed by atoms with E-state index in [0.717, 1.165) is 35.9 Å². The molecular weight excluding hydrogens is 441 g/mol. The zero-order valence-corrected chi connectivity index (χ0v) is 19.9. The van der Waals surface area contributed by atoms with E-state index < -0.39 is 33.5 Å². The van der Waals surface area contributed by atoms with Gasteiger partial charge in [0.25, 0.3) is 11.8 Å². The molecule has 0 saturated carbocycles. The molecule has 2 atom stereocenters. The predicted octanol–water partition coefficient (Wildman–Crippen LogP) is -3.27. The van der Waals surface area contributed by atoms with Gasteiger partial charge in [-0.3, -0.25) is 9.59 Å². The fourth-order valence-corrected chi connectivity index (χ4v) is 5.29. The number of thioether (sulfide) groups is 1. The Balaban J connectivity index is 0.00000392. The molecule has 11 nitrogen and oxygen atoms in total. The van der Waals surface area contributed by atoms with Crippen LogP contribution in [0.5, 0.6) is 0 Å². The molecule has 1 aromatic heterocycles. The van der Waals surface area contributed by atoms with E-state index in [1.807, 2.05) is 6.92 Å². The molecule has 2 rings (SSSR count). The van der Waals surface area contributed by atoms with Crippen molar-refractivity contribution in [1.29, 1.82) is 0 Å². The van der Waals surface area contributed by atoms with E-state index in [-0.39, 0.29) is 50.4 Å². The van der Waals surface area contributed by atoms with Crippen LogP contribution in [-0.2, 0) is 24.7 Å². The Bertz CT molecular complexity index is 845. The number of unbranched alkanes of at least 4 members (excludes halogenated alkanes) is 1. The minimum atomic E-state index is -4.97. The molecule has 150 valence electrons. The van der Waals surface area contributed by atoms with Gasteiger partial charge >= 0.3 is 29.6 Å². The summed E-state index contributed by atoms with van der Waals surface area (Å²) in [5.74, 6) is -1.28. The summed E-state index contributed by atoms with van der Waals surface area (Å²) in [4.78, 5) is 33.2. The number of β-lactam (4-membered cyclic amide) rings is 1. The number of nitrogen functional groups attached to an aromatic ring is 1. The second kappa shape index (κ2) is 10.8. The summed E-state index contributed by atoms with van der Waals surface area (Å²) in [7, 11) is -3.74. The van der Waals surface area contributed by atoms with Gasteiger partial charge < -0.3 is 20.4 Å². The molecule has 0 bridgehead atoms. The molecule has 0 aromatic carbocycles. The van der Waals surface area contributed by atoms with Crippen molar-refractivity contribution in [2.75, 3.05) is 18.6 Å². The summed E-state index contributed by atoms with van der Waals surface area (Å²) in [6.07, 6.45) is 1.61. The van der Waals surface area contributed by atoms with Crippen molar-refractivity contribution in [1.82, 2.24) is 14.6 Å². The molecule has 0 spiro atoms. The third kappa shape index (κ3) is 5.81. The van der Waals surface area contributed by atoms with Crippen LogP contribution in [0.4, 0.5) is 5.13 Å². The van der Waals surface area contributed by atoms with E-state index in [1.54, 1.807) is 0 Å². The Morgan fingerprint density at radius 1 is 1.57 bits per heavy atom. The van der Waals surface area contributed by atoms with Crippen molar-refractivity contribution in [2.45, 2.75) is 31.2 Å². The van der Waals surface area contributed by atoms with E-state index in [0.29, 0.717) is 5.75 Å². The second-order valence-corrected chi connectivity index (χ2v) is 8.71. The number of nitrogens with one attached hydrogen (secondary N) is 1. The van der Waals surface area contributed by atoms with Crippen LogP contribution in [0.15, 0.2) is 10.5 Å². The summed E-state index contributed by atoms with van der Waals surface area (Å²) in [5, 5.41) is 6.67. The number of hydrogen-bond donors (Lipinski definition) is 2. The van der Waals surface area contributed by atoms with Crippen LogP contribution in [-0.4, -0.2) is 64.1 Å². The number of nitrogens with two attached hydrogens (primary N) is 1. The third-order valence-electron chi connectivity index (χ3n) is 3.48. The monoisotopic (exact) mass is 459 g/mol. The van der Waals surface area contributed by atoms with Crippen LogP contribution in [0.3, 0.4) is 0 Å². The fraction of sp³-hybridized carbons (Fsp3) is 0.538. The largest absolute Gasteiger partial charge is 1.00 e. The normalized spacial score (nSPS) is 19.6. The maximum absolute atomic E-state index is 12.5. The first-order chi connectivity index (χ1) is 12.7. The molecule has 1 saturated heterocycles. The Hall–Kier alpha value is -0.900. The molecular formula is C13H18N5NaO6S3. The molecule has 3 N–H and O–H groups in total. The van der Waals surface area contributed by atoms with Crippen LogP contribution < -0.4 is 40.6 Å². The van der Waals surface area contributed by atoms with Crippen molar-refractivity contribution >= 4 is 56.1 Å². The van der Waals surface area contributed by atoms with E-state index >= 15 is 0 Å². The number of nitrogens with zero attached hydrogens (tertiary/aromatic N) is 3. The number of rotatable bonds is 9. The maximum atomic E-state index is 12.5. The molecule has 1 aliphatic heterocycles. The van der Waals surface area contributed by atoms with Gasteiger partial charge in [-0.1, -0.05) is 18.5 Å². The Morgan fingerprint density at radius 2 is 2.25 bits per heavy atom. The third-order valence-corrected chi connectivity index (χ3v) is 6.52. The van der Waals surface area contributed by atoms with E-state index in [2.05, 4.69) is 20.3 Å². The topological polar surface area (TPSA) is 167 Å². The summed E-state index contributed by atoms with van der Waals surface area (Å²) in [6.45, 7) is 1.95. The van der Waals surface area contributed by atoms with Gasteiger partial charge in [-0.2, -0.15) is 0 Å². The summed E-state index contributed by atoms with van der Waals surface area (Å²) in [5.41, 5.74) is 5.47. The van der Waals surface area contributed by atoms with E-state index in [9.17, 15) is 22.6 Å². The second-order valence-electron chi connectivity index (χ2n) is 5.35.